The standard InChI is InChI=1S/C24H23ClN2O5S/c25-18-9-5-4-8-15(18)19-13-33-24(26-19)27-12-21(29)20(28)10-16(14-6-2-1-3-7-14)17(23(27)32)11-22(30)31/h1-9,13,16-17,20-21,28-29H,10-12H2,(H,30,31). The number of aliphatic hydroxyl groups is 2. The molecule has 4 atom stereocenters. The number of carboxylic acids is 1. The third kappa shape index (κ3) is 5.09. The molecule has 9 heteroatoms. The SMILES string of the molecule is O=C(O)CC1C(=O)N(c2nc(-c3ccccc3Cl)cs2)CC(O)C(O)CC1c1ccccc1. The van der Waals surface area contributed by atoms with Gasteiger partial charge in [0.25, 0.3) is 0 Å². The van der Waals surface area contributed by atoms with Gasteiger partial charge >= 0.3 is 5.97 Å². The quantitative estimate of drug-likeness (QED) is 0.506. The maximum Gasteiger partial charge on any atom is 0.304 e. The van der Waals surface area contributed by atoms with Crippen LogP contribution in [0.3, 0.4) is 0 Å². The molecule has 1 aliphatic rings. The number of halogens is 1. The highest BCUT2D eigenvalue weighted by atomic mass is 35.5. The van der Waals surface area contributed by atoms with E-state index in [2.05, 4.69) is 4.98 Å². The molecular formula is C24H23ClN2O5S. The number of hydrogen-bond donors (Lipinski definition) is 3. The number of aromatic nitrogens is 1. The molecule has 33 heavy (non-hydrogen) atoms. The molecule has 2 aromatic carbocycles. The third-order valence-corrected chi connectivity index (χ3v) is 7.07. The number of thiazole rings is 1. The molecule has 4 unspecified atom stereocenters. The molecule has 0 bridgehead atoms. The number of carboxylic acid groups (broad SMARTS) is 1. The van der Waals surface area contributed by atoms with Crippen LogP contribution in [0.25, 0.3) is 11.3 Å². The van der Waals surface area contributed by atoms with Crippen LogP contribution in [0.5, 0.6) is 0 Å². The van der Waals surface area contributed by atoms with Gasteiger partial charge in [-0.3, -0.25) is 14.5 Å². The van der Waals surface area contributed by atoms with E-state index in [1.807, 2.05) is 18.2 Å². The van der Waals surface area contributed by atoms with Gasteiger partial charge in [-0.05, 0) is 24.0 Å². The molecule has 1 aliphatic heterocycles. The lowest BCUT2D eigenvalue weighted by molar-refractivity contribution is -0.141. The van der Waals surface area contributed by atoms with Gasteiger partial charge in [0.2, 0.25) is 5.91 Å². The van der Waals surface area contributed by atoms with Crippen LogP contribution < -0.4 is 4.90 Å². The van der Waals surface area contributed by atoms with Crippen molar-refractivity contribution in [3.63, 3.8) is 0 Å². The number of anilines is 1. The van der Waals surface area contributed by atoms with E-state index in [0.717, 1.165) is 5.56 Å². The lowest BCUT2D eigenvalue weighted by Crippen LogP contribution is -2.50. The molecule has 7 nitrogen and oxygen atoms in total. The van der Waals surface area contributed by atoms with Crippen LogP contribution in [0.4, 0.5) is 5.13 Å². The average Bonchev–Trinajstić information content (AvgIpc) is 3.28. The summed E-state index contributed by atoms with van der Waals surface area (Å²) in [5.74, 6) is -3.07. The van der Waals surface area contributed by atoms with E-state index in [4.69, 9.17) is 11.6 Å². The molecule has 1 saturated heterocycles. The van der Waals surface area contributed by atoms with Gasteiger partial charge < -0.3 is 15.3 Å². The first-order chi connectivity index (χ1) is 15.8. The number of amides is 1. The number of hydrogen-bond acceptors (Lipinski definition) is 6. The lowest BCUT2D eigenvalue weighted by atomic mass is 9.77. The van der Waals surface area contributed by atoms with E-state index in [1.54, 1.807) is 41.8 Å². The Bertz CT molecular complexity index is 1140. The Labute approximate surface area is 199 Å². The van der Waals surface area contributed by atoms with E-state index < -0.39 is 42.3 Å². The number of β-amino-alcohol motifs (C(OH)–C–C–N with tert-alkyl or cyclic N) is 1. The molecule has 3 N–H and O–H groups in total. The molecule has 0 saturated carbocycles. The zero-order chi connectivity index (χ0) is 23.5. The van der Waals surface area contributed by atoms with Gasteiger partial charge in [-0.2, -0.15) is 0 Å². The van der Waals surface area contributed by atoms with Crippen LogP contribution in [-0.4, -0.2) is 50.9 Å². The molecule has 0 spiro atoms. The van der Waals surface area contributed by atoms with Gasteiger partial charge in [0.15, 0.2) is 5.13 Å². The molecule has 1 aromatic heterocycles. The van der Waals surface area contributed by atoms with Crippen molar-refractivity contribution in [2.24, 2.45) is 5.92 Å². The smallest absolute Gasteiger partial charge is 0.304 e. The highest BCUT2D eigenvalue weighted by molar-refractivity contribution is 7.14. The van der Waals surface area contributed by atoms with Gasteiger partial charge in [-0.15, -0.1) is 11.3 Å². The highest BCUT2D eigenvalue weighted by Gasteiger charge is 2.41. The van der Waals surface area contributed by atoms with Crippen LogP contribution in [0, 0.1) is 5.92 Å². The molecular weight excluding hydrogens is 464 g/mol. The van der Waals surface area contributed by atoms with Gasteiger partial charge in [0, 0.05) is 16.0 Å². The summed E-state index contributed by atoms with van der Waals surface area (Å²) in [5, 5.41) is 33.4. The van der Waals surface area contributed by atoms with Crippen LogP contribution in [0.15, 0.2) is 60.0 Å². The zero-order valence-corrected chi connectivity index (χ0v) is 19.1. The Kier molecular flexibility index (Phi) is 7.09. The summed E-state index contributed by atoms with van der Waals surface area (Å²) in [6.07, 6.45) is -2.67. The topological polar surface area (TPSA) is 111 Å². The fourth-order valence-corrected chi connectivity index (χ4v) is 5.26. The molecule has 1 amide bonds. The molecule has 0 aliphatic carbocycles. The summed E-state index contributed by atoms with van der Waals surface area (Å²) in [4.78, 5) is 31.2. The number of carbonyl (C=O) groups excluding carboxylic acids is 1. The first kappa shape index (κ1) is 23.4. The van der Waals surface area contributed by atoms with Crippen molar-refractivity contribution in [1.29, 1.82) is 0 Å². The number of rotatable bonds is 5. The minimum Gasteiger partial charge on any atom is -0.481 e. The second-order valence-corrected chi connectivity index (χ2v) is 9.28. The Morgan fingerprint density at radius 1 is 1.09 bits per heavy atom. The lowest BCUT2D eigenvalue weighted by Gasteiger charge is -2.37. The van der Waals surface area contributed by atoms with Crippen molar-refractivity contribution >= 4 is 39.9 Å². The van der Waals surface area contributed by atoms with Crippen LogP contribution in [0.2, 0.25) is 5.02 Å². The van der Waals surface area contributed by atoms with Crippen molar-refractivity contribution in [2.75, 3.05) is 11.4 Å². The van der Waals surface area contributed by atoms with Crippen molar-refractivity contribution in [3.8, 4) is 11.3 Å². The van der Waals surface area contributed by atoms with Crippen LogP contribution in [0.1, 0.15) is 24.3 Å². The van der Waals surface area contributed by atoms with Crippen molar-refractivity contribution in [1.82, 2.24) is 4.98 Å². The summed E-state index contributed by atoms with van der Waals surface area (Å²) in [6, 6.07) is 16.2. The van der Waals surface area contributed by atoms with Crippen molar-refractivity contribution in [3.05, 3.63) is 70.6 Å². The largest absolute Gasteiger partial charge is 0.481 e. The molecule has 1 fully saturated rings. The normalized spacial score (nSPS) is 23.7. The Balaban J connectivity index is 1.74. The van der Waals surface area contributed by atoms with Gasteiger partial charge in [0.1, 0.15) is 0 Å². The van der Waals surface area contributed by atoms with Gasteiger partial charge in [-0.25, -0.2) is 4.98 Å². The molecule has 3 aromatic rings. The van der Waals surface area contributed by atoms with Gasteiger partial charge in [0.05, 0.1) is 36.8 Å². The summed E-state index contributed by atoms with van der Waals surface area (Å²) >= 11 is 7.48. The Morgan fingerprint density at radius 2 is 1.79 bits per heavy atom. The predicted molar refractivity (Wildman–Crippen MR) is 126 cm³/mol. The predicted octanol–water partition coefficient (Wildman–Crippen LogP) is 3.80. The van der Waals surface area contributed by atoms with E-state index in [1.165, 1.54) is 16.2 Å². The number of aliphatic hydroxyl groups excluding tert-OH is 2. The summed E-state index contributed by atoms with van der Waals surface area (Å²) in [7, 11) is 0. The second kappa shape index (κ2) is 10.0. The number of aliphatic carboxylic acids is 1. The Hall–Kier alpha value is -2.78. The van der Waals surface area contributed by atoms with E-state index in [9.17, 15) is 24.9 Å². The monoisotopic (exact) mass is 486 g/mol. The minimum absolute atomic E-state index is 0.0749. The number of nitrogens with zero attached hydrogens (tertiary/aromatic N) is 2. The summed E-state index contributed by atoms with van der Waals surface area (Å²) < 4.78 is 0. The van der Waals surface area contributed by atoms with Crippen LogP contribution >= 0.6 is 22.9 Å². The summed E-state index contributed by atoms with van der Waals surface area (Å²) in [5.41, 5.74) is 2.01. The number of carbonyl (C=O) groups is 2. The molecule has 172 valence electrons. The Morgan fingerprint density at radius 3 is 2.48 bits per heavy atom. The maximum absolute atomic E-state index is 13.7. The summed E-state index contributed by atoms with van der Waals surface area (Å²) in [6.45, 7) is -0.187. The van der Waals surface area contributed by atoms with E-state index >= 15 is 0 Å². The first-order valence-electron chi connectivity index (χ1n) is 10.5. The van der Waals surface area contributed by atoms with E-state index in [0.29, 0.717) is 21.4 Å². The zero-order valence-electron chi connectivity index (χ0n) is 17.5. The molecule has 2 heterocycles. The molecule has 0 radical (unpaired) electrons. The second-order valence-electron chi connectivity index (χ2n) is 8.04. The molecule has 4 rings (SSSR count). The van der Waals surface area contributed by atoms with Gasteiger partial charge in [-0.1, -0.05) is 60.1 Å². The fraction of sp³-hybridized carbons (Fsp3) is 0.292. The highest BCUT2D eigenvalue weighted by Crippen LogP contribution is 2.38. The minimum atomic E-state index is -1.21. The first-order valence-corrected chi connectivity index (χ1v) is 11.8. The van der Waals surface area contributed by atoms with Crippen molar-refractivity contribution in [2.45, 2.75) is 31.0 Å². The maximum atomic E-state index is 13.7. The van der Waals surface area contributed by atoms with E-state index in [-0.39, 0.29) is 13.0 Å². The number of benzene rings is 2. The van der Waals surface area contributed by atoms with Crippen molar-refractivity contribution < 1.29 is 24.9 Å². The average molecular weight is 487 g/mol. The van der Waals surface area contributed by atoms with Crippen LogP contribution in [-0.2, 0) is 9.59 Å². The fourth-order valence-electron chi connectivity index (χ4n) is 4.19. The third-order valence-electron chi connectivity index (χ3n) is 5.87.